The quantitative estimate of drug-likeness (QED) is 0.392. The Labute approximate surface area is 62.1 Å². The average molecular weight is 137 g/mol. The second-order valence-corrected chi connectivity index (χ2v) is 2.72. The minimum absolute atomic E-state index is 0.242. The van der Waals surface area contributed by atoms with Crippen molar-refractivity contribution in [3.05, 3.63) is 0 Å². The fourth-order valence-electron chi connectivity index (χ4n) is 1.32. The van der Waals surface area contributed by atoms with Crippen molar-refractivity contribution in [1.82, 2.24) is 4.81 Å². The third-order valence-electron chi connectivity index (χ3n) is 1.94. The van der Waals surface area contributed by atoms with Gasteiger partial charge in [-0.25, -0.2) is 0 Å². The summed E-state index contributed by atoms with van der Waals surface area (Å²) in [5.41, 5.74) is 0. The van der Waals surface area contributed by atoms with Gasteiger partial charge in [-0.2, -0.15) is 0 Å². The van der Waals surface area contributed by atoms with Crippen LogP contribution in [0.5, 0.6) is 0 Å². The molecule has 1 rings (SSSR count). The Kier molecular flexibility index (Phi) is 2.66. The van der Waals surface area contributed by atoms with Crippen molar-refractivity contribution in [2.75, 3.05) is 13.1 Å². The van der Waals surface area contributed by atoms with Gasteiger partial charge in [-0.1, -0.05) is 0 Å². The van der Waals surface area contributed by atoms with Crippen molar-refractivity contribution in [3.63, 3.8) is 0 Å². The van der Waals surface area contributed by atoms with Gasteiger partial charge in [-0.05, 0) is 0 Å². The standard InChI is InChI=1S/C7H12BNO/c1-8-9-4-2-3-7(5-9)6-10/h6-7H,1-5H2. The molecule has 0 aliphatic carbocycles. The van der Waals surface area contributed by atoms with E-state index in [0.717, 1.165) is 32.2 Å². The molecule has 0 aromatic heterocycles. The predicted octanol–water partition coefficient (Wildman–Crippen LogP) is -0.0515. The van der Waals surface area contributed by atoms with Crippen molar-refractivity contribution in [2.45, 2.75) is 12.8 Å². The SMILES string of the molecule is C=BN1CCCC(C=O)C1. The van der Waals surface area contributed by atoms with Gasteiger partial charge in [0, 0.05) is 0 Å². The Balaban J connectivity index is 2.38. The first-order valence-corrected chi connectivity index (χ1v) is 3.68. The summed E-state index contributed by atoms with van der Waals surface area (Å²) in [5, 5.41) is 0. The van der Waals surface area contributed by atoms with Crippen molar-refractivity contribution < 1.29 is 4.79 Å². The maximum absolute atomic E-state index is 10.4. The van der Waals surface area contributed by atoms with E-state index in [0.29, 0.717) is 0 Å². The van der Waals surface area contributed by atoms with Gasteiger partial charge in [0.25, 0.3) is 0 Å². The first kappa shape index (κ1) is 7.51. The monoisotopic (exact) mass is 137 g/mol. The molecule has 0 saturated carbocycles. The summed E-state index contributed by atoms with van der Waals surface area (Å²) in [7, 11) is 1.82. The molecule has 0 aromatic carbocycles. The van der Waals surface area contributed by atoms with Crippen molar-refractivity contribution in [2.24, 2.45) is 5.92 Å². The second kappa shape index (κ2) is 3.54. The number of rotatable bonds is 2. The van der Waals surface area contributed by atoms with Crippen LogP contribution in [0.4, 0.5) is 0 Å². The van der Waals surface area contributed by atoms with Gasteiger partial charge in [0.05, 0.1) is 0 Å². The zero-order valence-corrected chi connectivity index (χ0v) is 6.12. The zero-order chi connectivity index (χ0) is 7.40. The molecule has 1 aliphatic rings. The summed E-state index contributed by atoms with van der Waals surface area (Å²) in [6, 6.07) is 0. The molecule has 0 radical (unpaired) electrons. The summed E-state index contributed by atoms with van der Waals surface area (Å²) < 4.78 is 0. The number of hydrogen-bond acceptors (Lipinski definition) is 2. The van der Waals surface area contributed by atoms with Crippen LogP contribution in [0, 0.1) is 5.92 Å². The number of aldehydes is 1. The Morgan fingerprint density at radius 3 is 3.10 bits per heavy atom. The number of hydrogen-bond donors (Lipinski definition) is 0. The van der Waals surface area contributed by atoms with Gasteiger partial charge in [0.2, 0.25) is 0 Å². The molecule has 54 valence electrons. The molecule has 1 aliphatic heterocycles. The third-order valence-corrected chi connectivity index (χ3v) is 1.94. The zero-order valence-electron chi connectivity index (χ0n) is 6.12. The molecule has 0 amide bonds. The summed E-state index contributed by atoms with van der Waals surface area (Å²) in [5.74, 6) is 0.242. The van der Waals surface area contributed by atoms with Crippen molar-refractivity contribution in [3.8, 4) is 0 Å². The summed E-state index contributed by atoms with van der Waals surface area (Å²) in [4.78, 5) is 12.5. The van der Waals surface area contributed by atoms with E-state index >= 15 is 0 Å². The van der Waals surface area contributed by atoms with Crippen LogP contribution in [-0.4, -0.2) is 37.7 Å². The van der Waals surface area contributed by atoms with Crippen LogP contribution in [0.15, 0.2) is 0 Å². The van der Waals surface area contributed by atoms with E-state index in [4.69, 9.17) is 0 Å². The van der Waals surface area contributed by atoms with Gasteiger partial charge in [0.1, 0.15) is 0 Å². The third kappa shape index (κ3) is 1.69. The van der Waals surface area contributed by atoms with E-state index in [1.165, 1.54) is 0 Å². The van der Waals surface area contributed by atoms with E-state index in [2.05, 4.69) is 11.3 Å². The average Bonchev–Trinajstić information content (AvgIpc) is 2.05. The van der Waals surface area contributed by atoms with Crippen molar-refractivity contribution >= 4 is 19.8 Å². The molecular weight excluding hydrogens is 125 g/mol. The Morgan fingerprint density at radius 1 is 1.70 bits per heavy atom. The molecular formula is C7H12BNO. The Bertz CT molecular complexity index is 124. The minimum atomic E-state index is 0.242. The van der Waals surface area contributed by atoms with E-state index in [1.807, 2.05) is 7.06 Å². The molecule has 0 bridgehead atoms. The van der Waals surface area contributed by atoms with Gasteiger partial charge in [-0.15, -0.1) is 0 Å². The molecule has 1 heterocycles. The molecule has 0 N–H and O–H groups in total. The molecule has 1 fully saturated rings. The number of piperidine rings is 1. The molecule has 1 atom stereocenters. The number of carbonyl (C=O) groups is 1. The maximum atomic E-state index is 10.4. The van der Waals surface area contributed by atoms with Crippen LogP contribution in [0.25, 0.3) is 0 Å². The van der Waals surface area contributed by atoms with Crippen LogP contribution in [0.2, 0.25) is 0 Å². The number of nitrogens with zero attached hydrogens (tertiary/aromatic N) is 1. The van der Waals surface area contributed by atoms with Crippen molar-refractivity contribution in [1.29, 1.82) is 0 Å². The van der Waals surface area contributed by atoms with Crippen LogP contribution < -0.4 is 0 Å². The first-order chi connectivity index (χ1) is 4.86. The molecule has 2 nitrogen and oxygen atoms in total. The van der Waals surface area contributed by atoms with E-state index < -0.39 is 0 Å². The summed E-state index contributed by atoms with van der Waals surface area (Å²) >= 11 is 0. The van der Waals surface area contributed by atoms with Crippen LogP contribution in [0.3, 0.4) is 0 Å². The normalized spacial score (nSPS) is 25.6. The molecule has 0 spiro atoms. The van der Waals surface area contributed by atoms with Gasteiger partial charge < -0.3 is 0 Å². The van der Waals surface area contributed by atoms with Crippen LogP contribution in [0.1, 0.15) is 12.8 Å². The fourth-order valence-corrected chi connectivity index (χ4v) is 1.32. The molecule has 1 unspecified atom stereocenters. The molecule has 10 heavy (non-hydrogen) atoms. The predicted molar refractivity (Wildman–Crippen MR) is 43.2 cm³/mol. The topological polar surface area (TPSA) is 20.3 Å². The summed E-state index contributed by atoms with van der Waals surface area (Å²) in [6.07, 6.45) is 3.22. The molecule has 0 aromatic rings. The Morgan fingerprint density at radius 2 is 2.50 bits per heavy atom. The molecule has 1 saturated heterocycles. The second-order valence-electron chi connectivity index (χ2n) is 2.72. The van der Waals surface area contributed by atoms with Gasteiger partial charge in [-0.3, -0.25) is 0 Å². The Hall–Kier alpha value is -0.595. The van der Waals surface area contributed by atoms with Gasteiger partial charge in [0.15, 0.2) is 0 Å². The van der Waals surface area contributed by atoms with Crippen LogP contribution in [-0.2, 0) is 4.79 Å². The molecule has 3 heteroatoms. The summed E-state index contributed by atoms with van der Waals surface area (Å²) in [6.45, 7) is 5.59. The van der Waals surface area contributed by atoms with Crippen LogP contribution >= 0.6 is 0 Å². The van der Waals surface area contributed by atoms with E-state index in [9.17, 15) is 4.79 Å². The number of carbonyl (C=O) groups excluding carboxylic acids is 1. The van der Waals surface area contributed by atoms with Gasteiger partial charge >= 0.3 is 61.3 Å². The first-order valence-electron chi connectivity index (χ1n) is 3.68. The van der Waals surface area contributed by atoms with E-state index in [1.54, 1.807) is 0 Å². The fraction of sp³-hybridized carbons (Fsp3) is 0.714. The van der Waals surface area contributed by atoms with E-state index in [-0.39, 0.29) is 5.92 Å².